The molecule has 2 aliphatic rings. The van der Waals surface area contributed by atoms with Gasteiger partial charge in [-0.15, -0.1) is 0 Å². The van der Waals surface area contributed by atoms with Crippen molar-refractivity contribution in [3.05, 3.63) is 42.2 Å². The number of imidazole rings is 1. The number of nitrogens with zero attached hydrogens (tertiary/aromatic N) is 7. The number of anilines is 3. The molecule has 0 unspecified atom stereocenters. The highest BCUT2D eigenvalue weighted by Gasteiger charge is 2.20. The van der Waals surface area contributed by atoms with Gasteiger partial charge in [0.2, 0.25) is 17.8 Å². The van der Waals surface area contributed by atoms with Crippen molar-refractivity contribution in [2.24, 2.45) is 5.10 Å². The molecule has 6 rings (SSSR count). The quantitative estimate of drug-likeness (QED) is 0.283. The summed E-state index contributed by atoms with van der Waals surface area (Å²) in [6, 6.07) is 11.6. The highest BCUT2D eigenvalue weighted by molar-refractivity contribution is 7.99. The molecule has 2 N–H and O–H groups in total. The van der Waals surface area contributed by atoms with Crippen LogP contribution in [0.4, 0.5) is 17.8 Å². The Kier molecular flexibility index (Phi) is 6.65. The van der Waals surface area contributed by atoms with Crippen LogP contribution in [0.5, 0.6) is 0 Å². The molecule has 0 aliphatic carbocycles. The molecule has 36 heavy (non-hydrogen) atoms. The zero-order valence-corrected chi connectivity index (χ0v) is 20.3. The Hall–Kier alpha value is -3.68. The summed E-state index contributed by atoms with van der Waals surface area (Å²) >= 11 is 1.42. The summed E-state index contributed by atoms with van der Waals surface area (Å²) in [5.74, 6) is 2.18. The predicted octanol–water partition coefficient (Wildman–Crippen LogP) is 2.61. The average Bonchev–Trinajstić information content (AvgIpc) is 3.56. The number of hydrogen-bond donors (Lipinski definition) is 2. The predicted molar refractivity (Wildman–Crippen MR) is 136 cm³/mol. The zero-order valence-electron chi connectivity index (χ0n) is 19.5. The van der Waals surface area contributed by atoms with Crippen LogP contribution in [0.25, 0.3) is 11.0 Å². The van der Waals surface area contributed by atoms with E-state index in [-0.39, 0.29) is 0 Å². The molecule has 12 nitrogen and oxygen atoms in total. The molecular formula is C23H25N9O3S. The van der Waals surface area contributed by atoms with Crippen molar-refractivity contribution in [2.45, 2.75) is 10.2 Å². The van der Waals surface area contributed by atoms with Gasteiger partial charge in [0, 0.05) is 26.2 Å². The number of nitrogens with one attached hydrogen (secondary N) is 2. The monoisotopic (exact) mass is 507 g/mol. The second-order valence-electron chi connectivity index (χ2n) is 8.15. The van der Waals surface area contributed by atoms with Crippen LogP contribution < -0.4 is 15.2 Å². The van der Waals surface area contributed by atoms with Crippen LogP contribution in [0.3, 0.4) is 0 Å². The number of benzene rings is 1. The normalized spacial score (nSPS) is 16.8. The van der Waals surface area contributed by atoms with Crippen LogP contribution in [0, 0.1) is 0 Å². The van der Waals surface area contributed by atoms with Crippen LogP contribution in [0.15, 0.2) is 56.2 Å². The molecule has 4 aromatic rings. The van der Waals surface area contributed by atoms with Gasteiger partial charge in [-0.2, -0.15) is 20.1 Å². The number of aromatic amines is 1. The number of morpholine rings is 2. The van der Waals surface area contributed by atoms with E-state index in [2.05, 4.69) is 40.3 Å². The molecule has 186 valence electrons. The van der Waals surface area contributed by atoms with Crippen molar-refractivity contribution in [2.75, 3.05) is 67.8 Å². The fraction of sp³-hybridized carbons (Fsp3) is 0.348. The van der Waals surface area contributed by atoms with E-state index in [0.717, 1.165) is 42.4 Å². The Morgan fingerprint density at radius 1 is 0.861 bits per heavy atom. The molecule has 2 fully saturated rings. The number of H-pyrrole nitrogens is 1. The molecule has 5 heterocycles. The summed E-state index contributed by atoms with van der Waals surface area (Å²) in [5.41, 5.74) is 4.84. The van der Waals surface area contributed by atoms with Gasteiger partial charge in [0.15, 0.2) is 10.2 Å². The standard InChI is InChI=1S/C23H25N9O3S/c1-2-4-18-17(3-1)25-23(26-18)36-19-6-5-16(35-19)15-24-30-20-27-21(31-7-11-33-12-8-31)29-22(28-20)32-9-13-34-14-10-32/h1-6,15H,7-14H2,(H,25,26)(H,27,28,29,30)/b24-15+. The molecular weight excluding hydrogens is 482 g/mol. The molecule has 0 atom stereocenters. The van der Waals surface area contributed by atoms with Crippen molar-refractivity contribution in [3.63, 3.8) is 0 Å². The third-order valence-electron chi connectivity index (χ3n) is 5.72. The van der Waals surface area contributed by atoms with Gasteiger partial charge in [0.1, 0.15) is 5.76 Å². The number of rotatable bonds is 7. The fourth-order valence-corrected chi connectivity index (χ4v) is 4.67. The molecule has 13 heteroatoms. The van der Waals surface area contributed by atoms with Gasteiger partial charge >= 0.3 is 0 Å². The van der Waals surface area contributed by atoms with Crippen LogP contribution in [0.1, 0.15) is 5.76 Å². The number of hydrazone groups is 1. The maximum atomic E-state index is 5.88. The lowest BCUT2D eigenvalue weighted by molar-refractivity contribution is 0.121. The number of furan rings is 1. The van der Waals surface area contributed by atoms with Gasteiger partial charge < -0.3 is 28.7 Å². The summed E-state index contributed by atoms with van der Waals surface area (Å²) in [6.07, 6.45) is 1.59. The number of para-hydroxylation sites is 2. The molecule has 0 amide bonds. The maximum Gasteiger partial charge on any atom is 0.250 e. The fourth-order valence-electron chi connectivity index (χ4n) is 3.90. The van der Waals surface area contributed by atoms with E-state index in [1.54, 1.807) is 6.21 Å². The summed E-state index contributed by atoms with van der Waals surface area (Å²) in [4.78, 5) is 25.9. The van der Waals surface area contributed by atoms with Crippen molar-refractivity contribution in [3.8, 4) is 0 Å². The first-order valence-electron chi connectivity index (χ1n) is 11.7. The van der Waals surface area contributed by atoms with Crippen LogP contribution >= 0.6 is 11.8 Å². The molecule has 0 radical (unpaired) electrons. The topological polar surface area (TPSA) is 130 Å². The second-order valence-corrected chi connectivity index (χ2v) is 9.14. The Morgan fingerprint density at radius 2 is 1.56 bits per heavy atom. The Morgan fingerprint density at radius 3 is 2.25 bits per heavy atom. The van der Waals surface area contributed by atoms with Gasteiger partial charge in [0.05, 0.1) is 43.7 Å². The largest absolute Gasteiger partial charge is 0.448 e. The lowest BCUT2D eigenvalue weighted by atomic mass is 10.3. The lowest BCUT2D eigenvalue weighted by Crippen LogP contribution is -2.40. The molecule has 0 saturated carbocycles. The van der Waals surface area contributed by atoms with E-state index in [9.17, 15) is 0 Å². The third kappa shape index (κ3) is 5.27. The van der Waals surface area contributed by atoms with Crippen LogP contribution in [-0.2, 0) is 9.47 Å². The molecule has 0 bridgehead atoms. The van der Waals surface area contributed by atoms with Gasteiger partial charge in [-0.25, -0.2) is 10.4 Å². The van der Waals surface area contributed by atoms with E-state index in [0.29, 0.717) is 55.1 Å². The van der Waals surface area contributed by atoms with Gasteiger partial charge in [-0.05, 0) is 36.0 Å². The minimum absolute atomic E-state index is 0.368. The Bertz CT molecular complexity index is 1280. The van der Waals surface area contributed by atoms with E-state index >= 15 is 0 Å². The average molecular weight is 508 g/mol. The molecule has 1 aromatic carbocycles. The third-order valence-corrected chi connectivity index (χ3v) is 6.53. The zero-order chi connectivity index (χ0) is 24.2. The first kappa shape index (κ1) is 22.8. The summed E-state index contributed by atoms with van der Waals surface area (Å²) in [5, 5.41) is 5.77. The molecule has 2 saturated heterocycles. The van der Waals surface area contributed by atoms with Crippen molar-refractivity contribution >= 4 is 46.9 Å². The van der Waals surface area contributed by atoms with Crippen LogP contribution in [-0.4, -0.2) is 83.7 Å². The summed E-state index contributed by atoms with van der Waals surface area (Å²) in [7, 11) is 0. The molecule has 3 aromatic heterocycles. The highest BCUT2D eigenvalue weighted by Crippen LogP contribution is 2.28. The minimum atomic E-state index is 0.368. The van der Waals surface area contributed by atoms with Crippen LogP contribution in [0.2, 0.25) is 0 Å². The van der Waals surface area contributed by atoms with E-state index in [4.69, 9.17) is 18.9 Å². The highest BCUT2D eigenvalue weighted by atomic mass is 32.2. The van der Waals surface area contributed by atoms with Gasteiger partial charge in [0.25, 0.3) is 0 Å². The minimum Gasteiger partial charge on any atom is -0.448 e. The summed E-state index contributed by atoms with van der Waals surface area (Å²) < 4.78 is 16.8. The van der Waals surface area contributed by atoms with Crippen molar-refractivity contribution in [1.82, 2.24) is 24.9 Å². The molecule has 0 spiro atoms. The maximum absolute atomic E-state index is 5.88. The van der Waals surface area contributed by atoms with Crippen molar-refractivity contribution < 1.29 is 13.9 Å². The Balaban J connectivity index is 1.15. The van der Waals surface area contributed by atoms with Gasteiger partial charge in [-0.1, -0.05) is 12.1 Å². The number of aromatic nitrogens is 5. The smallest absolute Gasteiger partial charge is 0.250 e. The first-order valence-corrected chi connectivity index (χ1v) is 12.5. The SMILES string of the molecule is C(=N\Nc1nc(N2CCOCC2)nc(N2CCOCC2)n1)/c1ccc(Sc2nc3ccccc3[nH]2)o1. The van der Waals surface area contributed by atoms with E-state index in [1.165, 1.54) is 11.8 Å². The summed E-state index contributed by atoms with van der Waals surface area (Å²) in [6.45, 7) is 5.50. The molecule has 2 aliphatic heterocycles. The van der Waals surface area contributed by atoms with E-state index < -0.39 is 0 Å². The Labute approximate surface area is 211 Å². The second kappa shape index (κ2) is 10.5. The van der Waals surface area contributed by atoms with Crippen molar-refractivity contribution in [1.29, 1.82) is 0 Å². The first-order chi connectivity index (χ1) is 17.8. The number of ether oxygens (including phenoxy) is 2. The number of fused-ring (bicyclic) bond motifs is 1. The van der Waals surface area contributed by atoms with E-state index in [1.807, 2.05) is 36.4 Å². The van der Waals surface area contributed by atoms with Gasteiger partial charge in [-0.3, -0.25) is 0 Å². The number of hydrogen-bond acceptors (Lipinski definition) is 12. The lowest BCUT2D eigenvalue weighted by Gasteiger charge is -2.30.